The minimum atomic E-state index is -0.211. The fourth-order valence-electron chi connectivity index (χ4n) is 4.15. The SMILES string of the molecule is CCn1c(SCC(=O)N/N=C\c2c3ccccc3cc3ccccc23)nnc1-c1ccc(OC)cc1. The van der Waals surface area contributed by atoms with Crippen molar-refractivity contribution in [3.63, 3.8) is 0 Å². The number of carbonyl (C=O) groups excluding carboxylic acids is 1. The van der Waals surface area contributed by atoms with Crippen molar-refractivity contribution in [2.24, 2.45) is 5.10 Å². The second kappa shape index (κ2) is 10.6. The van der Waals surface area contributed by atoms with Crippen LogP contribution in [-0.4, -0.2) is 39.7 Å². The zero-order valence-corrected chi connectivity index (χ0v) is 20.8. The van der Waals surface area contributed by atoms with Crippen LogP contribution in [-0.2, 0) is 11.3 Å². The molecule has 0 unspecified atom stereocenters. The first-order valence-electron chi connectivity index (χ1n) is 11.6. The molecule has 180 valence electrons. The summed E-state index contributed by atoms with van der Waals surface area (Å²) in [7, 11) is 1.64. The van der Waals surface area contributed by atoms with Gasteiger partial charge in [0.25, 0.3) is 5.91 Å². The number of benzene rings is 4. The summed E-state index contributed by atoms with van der Waals surface area (Å²) in [6.07, 6.45) is 1.73. The molecular weight excluding hydrogens is 470 g/mol. The van der Waals surface area contributed by atoms with Crippen LogP contribution in [0.2, 0.25) is 0 Å². The van der Waals surface area contributed by atoms with Crippen LogP contribution in [0.4, 0.5) is 0 Å². The molecular formula is C28H25N5O2S. The highest BCUT2D eigenvalue weighted by atomic mass is 32.2. The quantitative estimate of drug-likeness (QED) is 0.133. The van der Waals surface area contributed by atoms with E-state index in [1.54, 1.807) is 13.3 Å². The van der Waals surface area contributed by atoms with Crippen LogP contribution in [0.1, 0.15) is 12.5 Å². The van der Waals surface area contributed by atoms with Gasteiger partial charge in [-0.2, -0.15) is 5.10 Å². The molecule has 1 aromatic heterocycles. The first-order valence-corrected chi connectivity index (χ1v) is 12.6. The molecule has 5 aromatic rings. The topological polar surface area (TPSA) is 81.4 Å². The number of amides is 1. The second-order valence-electron chi connectivity index (χ2n) is 8.09. The standard InChI is InChI=1S/C28H25N5O2S/c1-3-33-27(19-12-14-22(35-2)15-13-19)31-32-28(33)36-18-26(34)30-29-17-25-23-10-6-4-8-20(23)16-21-9-5-7-11-24(21)25/h4-17H,3,18H2,1-2H3,(H,30,34)/b29-17-. The highest BCUT2D eigenvalue weighted by Crippen LogP contribution is 2.28. The summed E-state index contributed by atoms with van der Waals surface area (Å²) in [5, 5.41) is 18.0. The van der Waals surface area contributed by atoms with E-state index in [1.165, 1.54) is 11.8 Å². The van der Waals surface area contributed by atoms with Crippen molar-refractivity contribution >= 4 is 45.4 Å². The number of carbonyl (C=O) groups is 1. The Morgan fingerprint density at radius 1 is 1.00 bits per heavy atom. The van der Waals surface area contributed by atoms with Crippen molar-refractivity contribution in [2.45, 2.75) is 18.6 Å². The Morgan fingerprint density at radius 3 is 2.31 bits per heavy atom. The van der Waals surface area contributed by atoms with Crippen molar-refractivity contribution in [1.82, 2.24) is 20.2 Å². The predicted octanol–water partition coefficient (Wildman–Crippen LogP) is 5.52. The molecule has 0 saturated carbocycles. The lowest BCUT2D eigenvalue weighted by atomic mass is 9.97. The van der Waals surface area contributed by atoms with E-state index in [4.69, 9.17) is 4.74 Å². The van der Waals surface area contributed by atoms with Gasteiger partial charge in [-0.05, 0) is 58.8 Å². The fraction of sp³-hybridized carbons (Fsp3) is 0.143. The van der Waals surface area contributed by atoms with E-state index in [0.29, 0.717) is 11.7 Å². The maximum atomic E-state index is 12.6. The van der Waals surface area contributed by atoms with Gasteiger partial charge in [0.1, 0.15) is 5.75 Å². The zero-order valence-electron chi connectivity index (χ0n) is 20.0. The summed E-state index contributed by atoms with van der Waals surface area (Å²) in [4.78, 5) is 12.6. The van der Waals surface area contributed by atoms with Crippen molar-refractivity contribution in [3.8, 4) is 17.1 Å². The molecule has 0 aliphatic heterocycles. The van der Waals surface area contributed by atoms with Gasteiger partial charge in [-0.1, -0.05) is 60.3 Å². The Morgan fingerprint density at radius 2 is 1.67 bits per heavy atom. The van der Waals surface area contributed by atoms with Gasteiger partial charge in [-0.25, -0.2) is 5.43 Å². The number of hydrogen-bond acceptors (Lipinski definition) is 6. The molecule has 0 fully saturated rings. The molecule has 4 aromatic carbocycles. The van der Waals surface area contributed by atoms with E-state index in [2.05, 4.69) is 51.1 Å². The lowest BCUT2D eigenvalue weighted by molar-refractivity contribution is -0.118. The molecule has 8 heteroatoms. The Hall–Kier alpha value is -4.17. The van der Waals surface area contributed by atoms with E-state index < -0.39 is 0 Å². The first-order chi connectivity index (χ1) is 17.7. The van der Waals surface area contributed by atoms with Crippen molar-refractivity contribution < 1.29 is 9.53 Å². The summed E-state index contributed by atoms with van der Waals surface area (Å²) in [5.74, 6) is 1.50. The highest BCUT2D eigenvalue weighted by molar-refractivity contribution is 7.99. The molecule has 0 spiro atoms. The normalized spacial score (nSPS) is 11.4. The van der Waals surface area contributed by atoms with Crippen molar-refractivity contribution in [1.29, 1.82) is 0 Å². The fourth-order valence-corrected chi connectivity index (χ4v) is 4.95. The molecule has 0 saturated heterocycles. The van der Waals surface area contributed by atoms with Gasteiger partial charge in [0.2, 0.25) is 0 Å². The molecule has 7 nitrogen and oxygen atoms in total. The molecule has 0 atom stereocenters. The Balaban J connectivity index is 1.29. The molecule has 0 aliphatic rings. The predicted molar refractivity (Wildman–Crippen MR) is 146 cm³/mol. The van der Waals surface area contributed by atoms with E-state index >= 15 is 0 Å². The summed E-state index contributed by atoms with van der Waals surface area (Å²) in [5.41, 5.74) is 4.57. The third-order valence-corrected chi connectivity index (χ3v) is 6.88. The van der Waals surface area contributed by atoms with Gasteiger partial charge in [-0.15, -0.1) is 10.2 Å². The second-order valence-corrected chi connectivity index (χ2v) is 9.04. The first kappa shape index (κ1) is 23.6. The van der Waals surface area contributed by atoms with E-state index in [9.17, 15) is 4.79 Å². The van der Waals surface area contributed by atoms with Crippen LogP contribution in [0.3, 0.4) is 0 Å². The number of hydrazone groups is 1. The van der Waals surface area contributed by atoms with Gasteiger partial charge >= 0.3 is 0 Å². The van der Waals surface area contributed by atoms with Crippen molar-refractivity contribution in [3.05, 3.63) is 84.4 Å². The zero-order chi connectivity index (χ0) is 24.9. The van der Waals surface area contributed by atoms with Gasteiger partial charge in [-0.3, -0.25) is 4.79 Å². The number of aromatic nitrogens is 3. The smallest absolute Gasteiger partial charge is 0.250 e. The highest BCUT2D eigenvalue weighted by Gasteiger charge is 2.15. The molecule has 1 N–H and O–H groups in total. The van der Waals surface area contributed by atoms with Crippen LogP contribution in [0.25, 0.3) is 32.9 Å². The molecule has 0 radical (unpaired) electrons. The van der Waals surface area contributed by atoms with Crippen LogP contribution in [0.15, 0.2) is 89.1 Å². The summed E-state index contributed by atoms with van der Waals surface area (Å²) < 4.78 is 7.22. The maximum Gasteiger partial charge on any atom is 0.250 e. The lowest BCUT2D eigenvalue weighted by Crippen LogP contribution is -2.20. The summed E-state index contributed by atoms with van der Waals surface area (Å²) in [6, 6.07) is 26.2. The monoisotopic (exact) mass is 495 g/mol. The van der Waals surface area contributed by atoms with Gasteiger partial charge in [0, 0.05) is 17.7 Å². The third kappa shape index (κ3) is 4.81. The third-order valence-electron chi connectivity index (χ3n) is 5.91. The van der Waals surface area contributed by atoms with Crippen LogP contribution in [0.5, 0.6) is 5.75 Å². The number of thioether (sulfide) groups is 1. The average Bonchev–Trinajstić information content (AvgIpc) is 3.34. The number of nitrogens with one attached hydrogen (secondary N) is 1. The Labute approximate surface area is 213 Å². The van der Waals surface area contributed by atoms with Gasteiger partial charge < -0.3 is 9.30 Å². The van der Waals surface area contributed by atoms with E-state index in [-0.39, 0.29) is 11.7 Å². The molecule has 1 amide bonds. The number of nitrogens with zero attached hydrogens (tertiary/aromatic N) is 4. The van der Waals surface area contributed by atoms with Gasteiger partial charge in [0.05, 0.1) is 19.1 Å². The summed E-state index contributed by atoms with van der Waals surface area (Å²) in [6.45, 7) is 2.71. The number of hydrogen-bond donors (Lipinski definition) is 1. The lowest BCUT2D eigenvalue weighted by Gasteiger charge is -2.08. The maximum absolute atomic E-state index is 12.6. The number of fused-ring (bicyclic) bond motifs is 2. The largest absolute Gasteiger partial charge is 0.497 e. The molecule has 36 heavy (non-hydrogen) atoms. The van der Waals surface area contributed by atoms with Crippen LogP contribution in [0, 0.1) is 0 Å². The number of ether oxygens (including phenoxy) is 1. The van der Waals surface area contributed by atoms with Crippen LogP contribution >= 0.6 is 11.8 Å². The molecule has 0 aliphatic carbocycles. The summed E-state index contributed by atoms with van der Waals surface area (Å²) >= 11 is 1.33. The van der Waals surface area contributed by atoms with E-state index in [1.807, 2.05) is 60.0 Å². The number of rotatable bonds is 8. The average molecular weight is 496 g/mol. The Kier molecular flexibility index (Phi) is 6.95. The number of methoxy groups -OCH3 is 1. The molecule has 1 heterocycles. The molecule has 5 rings (SSSR count). The minimum absolute atomic E-state index is 0.175. The van der Waals surface area contributed by atoms with Crippen LogP contribution < -0.4 is 10.2 Å². The minimum Gasteiger partial charge on any atom is -0.497 e. The molecule has 0 bridgehead atoms. The Bertz CT molecular complexity index is 1510. The van der Waals surface area contributed by atoms with E-state index in [0.717, 1.165) is 44.2 Å². The van der Waals surface area contributed by atoms with Gasteiger partial charge in [0.15, 0.2) is 11.0 Å². The van der Waals surface area contributed by atoms with Crippen molar-refractivity contribution in [2.75, 3.05) is 12.9 Å².